The minimum Gasteiger partial charge on any atom is -0.494 e. The van der Waals surface area contributed by atoms with Crippen molar-refractivity contribution in [2.75, 3.05) is 6.61 Å². The van der Waals surface area contributed by atoms with Crippen molar-refractivity contribution in [1.82, 2.24) is 14.8 Å². The molecule has 0 saturated heterocycles. The van der Waals surface area contributed by atoms with E-state index in [0.29, 0.717) is 23.5 Å². The summed E-state index contributed by atoms with van der Waals surface area (Å²) in [5.41, 5.74) is 2.40. The highest BCUT2D eigenvalue weighted by atomic mass is 35.5. The van der Waals surface area contributed by atoms with Gasteiger partial charge in [-0.1, -0.05) is 50.2 Å². The second-order valence-corrected chi connectivity index (χ2v) is 9.73. The lowest BCUT2D eigenvalue weighted by atomic mass is 9.99. The van der Waals surface area contributed by atoms with Crippen LogP contribution in [0.1, 0.15) is 43.5 Å². The predicted octanol–water partition coefficient (Wildman–Crippen LogP) is 7.96. The van der Waals surface area contributed by atoms with E-state index in [9.17, 15) is 8.78 Å². The highest BCUT2D eigenvalue weighted by Crippen LogP contribution is 2.30. The summed E-state index contributed by atoms with van der Waals surface area (Å²) >= 11 is 8.10. The molecule has 192 valence electrons. The number of aromatic nitrogens is 3. The number of thiazole rings is 1. The summed E-state index contributed by atoms with van der Waals surface area (Å²) in [7, 11) is 0. The summed E-state index contributed by atoms with van der Waals surface area (Å²) in [6, 6.07) is 9.76. The van der Waals surface area contributed by atoms with Crippen molar-refractivity contribution >= 4 is 50.3 Å². The Balaban J connectivity index is 1.69. The minimum absolute atomic E-state index is 0.111. The smallest absolute Gasteiger partial charge is 0.134 e. The zero-order valence-electron chi connectivity index (χ0n) is 20.8. The topological polar surface area (TPSA) is 52.3 Å². The van der Waals surface area contributed by atoms with Crippen LogP contribution in [-0.2, 0) is 6.54 Å². The van der Waals surface area contributed by atoms with Crippen LogP contribution in [0.5, 0.6) is 5.75 Å². The summed E-state index contributed by atoms with van der Waals surface area (Å²) in [6.45, 7) is 10.2. The maximum Gasteiger partial charge on any atom is 0.134 e. The molecule has 9 heteroatoms. The van der Waals surface area contributed by atoms with Gasteiger partial charge in [-0.3, -0.25) is 4.68 Å². The van der Waals surface area contributed by atoms with Crippen molar-refractivity contribution in [3.8, 4) is 5.75 Å². The Morgan fingerprint density at radius 1 is 1.24 bits per heavy atom. The van der Waals surface area contributed by atoms with Crippen molar-refractivity contribution in [3.63, 3.8) is 0 Å². The van der Waals surface area contributed by atoms with Gasteiger partial charge >= 0.3 is 0 Å². The molecule has 2 aromatic carbocycles. The molecule has 0 amide bonds. The van der Waals surface area contributed by atoms with Gasteiger partial charge in [-0.15, -0.1) is 11.3 Å². The SMILES string of the molecule is C=C(N=C(Cl)/C=C(/c1nccs1)C(C)CC)c1nn(Cc2c(F)cc(OCC)cc2F)c2ccccc12. The molecule has 37 heavy (non-hydrogen) atoms. The van der Waals surface area contributed by atoms with Gasteiger partial charge in [0, 0.05) is 34.7 Å². The van der Waals surface area contributed by atoms with Gasteiger partial charge in [0.1, 0.15) is 33.3 Å². The Kier molecular flexibility index (Phi) is 8.51. The van der Waals surface area contributed by atoms with Gasteiger partial charge in [0.15, 0.2) is 0 Å². The summed E-state index contributed by atoms with van der Waals surface area (Å²) < 4.78 is 36.3. The molecule has 1 unspecified atom stereocenters. The van der Waals surface area contributed by atoms with E-state index in [0.717, 1.165) is 22.4 Å². The fraction of sp³-hybridized carbons (Fsp3) is 0.250. The number of para-hydroxylation sites is 1. The van der Waals surface area contributed by atoms with Gasteiger partial charge in [-0.05, 0) is 37.0 Å². The third-order valence-corrected chi connectivity index (χ3v) is 7.02. The first-order valence-electron chi connectivity index (χ1n) is 11.9. The van der Waals surface area contributed by atoms with Crippen molar-refractivity contribution in [2.24, 2.45) is 10.9 Å². The van der Waals surface area contributed by atoms with Gasteiger partial charge < -0.3 is 4.74 Å². The Labute approximate surface area is 223 Å². The molecular formula is C28H27ClF2N4OS. The molecule has 0 aliphatic carbocycles. The number of allylic oxidation sites excluding steroid dienone is 2. The van der Waals surface area contributed by atoms with Crippen LogP contribution < -0.4 is 4.74 Å². The lowest BCUT2D eigenvalue weighted by molar-refractivity contribution is 0.335. The Morgan fingerprint density at radius 3 is 2.62 bits per heavy atom. The fourth-order valence-corrected chi connectivity index (χ4v) is 4.92. The van der Waals surface area contributed by atoms with E-state index < -0.39 is 11.6 Å². The lowest BCUT2D eigenvalue weighted by Gasteiger charge is -2.11. The zero-order valence-corrected chi connectivity index (χ0v) is 22.4. The Bertz CT molecular complexity index is 1450. The number of nitrogens with zero attached hydrogens (tertiary/aromatic N) is 4. The van der Waals surface area contributed by atoms with Gasteiger partial charge in [0.25, 0.3) is 0 Å². The third kappa shape index (κ3) is 5.97. The van der Waals surface area contributed by atoms with Crippen LogP contribution in [0.15, 0.2) is 65.6 Å². The van der Waals surface area contributed by atoms with E-state index in [2.05, 4.69) is 35.5 Å². The molecule has 0 aliphatic heterocycles. The summed E-state index contributed by atoms with van der Waals surface area (Å²) in [4.78, 5) is 8.92. The minimum atomic E-state index is -0.700. The average Bonchev–Trinajstić information content (AvgIpc) is 3.53. The van der Waals surface area contributed by atoms with Crippen LogP contribution in [0.4, 0.5) is 8.78 Å². The number of benzene rings is 2. The standard InChI is InChI=1S/C28H27ClF2N4OS/c1-5-17(3)21(28-32-11-12-37-28)15-26(29)33-18(4)27-20-9-7-8-10-25(20)35(34-27)16-22-23(30)13-19(36-6-2)14-24(22)31/h7-15,17H,4-6,16H2,1-3H3/b21-15+,33-26?. The van der Waals surface area contributed by atoms with E-state index in [1.165, 1.54) is 16.8 Å². The van der Waals surface area contributed by atoms with Gasteiger partial charge in [0.05, 0.1) is 24.4 Å². The zero-order chi connectivity index (χ0) is 26.5. The molecule has 0 N–H and O–H groups in total. The summed E-state index contributed by atoms with van der Waals surface area (Å²) in [5.74, 6) is -1.02. The average molecular weight is 541 g/mol. The first kappa shape index (κ1) is 26.7. The third-order valence-electron chi connectivity index (χ3n) is 6.00. The first-order chi connectivity index (χ1) is 17.8. The van der Waals surface area contributed by atoms with Crippen LogP contribution in [0, 0.1) is 17.6 Å². The second kappa shape index (κ2) is 11.8. The van der Waals surface area contributed by atoms with Crippen LogP contribution >= 0.6 is 22.9 Å². The fourth-order valence-electron chi connectivity index (χ4n) is 3.93. The maximum atomic E-state index is 14.8. The molecule has 2 aromatic heterocycles. The molecule has 1 atom stereocenters. The summed E-state index contributed by atoms with van der Waals surface area (Å²) in [6.07, 6.45) is 4.49. The van der Waals surface area contributed by atoms with Crippen LogP contribution in [-0.4, -0.2) is 26.5 Å². The highest BCUT2D eigenvalue weighted by molar-refractivity contribution is 7.10. The monoisotopic (exact) mass is 540 g/mol. The van der Waals surface area contributed by atoms with Crippen LogP contribution in [0.2, 0.25) is 0 Å². The van der Waals surface area contributed by atoms with E-state index in [1.54, 1.807) is 24.5 Å². The molecule has 5 nitrogen and oxygen atoms in total. The van der Waals surface area contributed by atoms with E-state index >= 15 is 0 Å². The molecule has 0 aliphatic rings. The largest absolute Gasteiger partial charge is 0.494 e. The van der Waals surface area contributed by atoms with Crippen molar-refractivity contribution in [3.05, 3.63) is 88.5 Å². The molecule has 0 fully saturated rings. The van der Waals surface area contributed by atoms with Gasteiger partial charge in [-0.2, -0.15) is 5.10 Å². The van der Waals surface area contributed by atoms with Crippen molar-refractivity contribution < 1.29 is 13.5 Å². The van der Waals surface area contributed by atoms with Crippen LogP contribution in [0.3, 0.4) is 0 Å². The van der Waals surface area contributed by atoms with Gasteiger partial charge in [0.2, 0.25) is 0 Å². The Morgan fingerprint density at radius 2 is 1.97 bits per heavy atom. The molecule has 0 bridgehead atoms. The summed E-state index contributed by atoms with van der Waals surface area (Å²) in [5, 5.41) is 8.42. The van der Waals surface area contributed by atoms with E-state index in [-0.39, 0.29) is 28.9 Å². The molecule has 0 radical (unpaired) electrons. The predicted molar refractivity (Wildman–Crippen MR) is 148 cm³/mol. The highest BCUT2D eigenvalue weighted by Gasteiger charge is 2.18. The number of hydrogen-bond acceptors (Lipinski definition) is 5. The van der Waals surface area contributed by atoms with Crippen molar-refractivity contribution in [1.29, 1.82) is 0 Å². The maximum absolute atomic E-state index is 14.8. The van der Waals surface area contributed by atoms with Crippen LogP contribution in [0.25, 0.3) is 22.2 Å². The number of rotatable bonds is 10. The quantitative estimate of drug-likeness (QED) is 0.192. The number of fused-ring (bicyclic) bond motifs is 1. The normalized spacial score (nSPS) is 13.2. The van der Waals surface area contributed by atoms with Crippen molar-refractivity contribution in [2.45, 2.75) is 33.7 Å². The number of aliphatic imine (C=N–C) groups is 1. The molecule has 0 saturated carbocycles. The lowest BCUT2D eigenvalue weighted by Crippen LogP contribution is -2.07. The van der Waals surface area contributed by atoms with E-state index in [4.69, 9.17) is 16.3 Å². The molecular weight excluding hydrogens is 514 g/mol. The first-order valence-corrected chi connectivity index (χ1v) is 13.2. The molecule has 4 aromatic rings. The van der Waals surface area contributed by atoms with Gasteiger partial charge in [-0.25, -0.2) is 18.8 Å². The Hall–Kier alpha value is -3.36. The van der Waals surface area contributed by atoms with E-state index in [1.807, 2.05) is 35.7 Å². The molecule has 4 rings (SSSR count). The molecule has 2 heterocycles. The molecule has 0 spiro atoms. The number of halogens is 3. The number of hydrogen-bond donors (Lipinski definition) is 0. The number of ether oxygens (including phenoxy) is 1. The second-order valence-electron chi connectivity index (χ2n) is 8.45.